The van der Waals surface area contributed by atoms with Crippen molar-refractivity contribution in [2.24, 2.45) is 5.92 Å². The van der Waals surface area contributed by atoms with Crippen LogP contribution in [0.15, 0.2) is 30.5 Å². The molecule has 2 aromatic heterocycles. The van der Waals surface area contributed by atoms with Gasteiger partial charge in [0, 0.05) is 38.9 Å². The minimum Gasteiger partial charge on any atom is -0.495 e. The van der Waals surface area contributed by atoms with Crippen molar-refractivity contribution in [3.05, 3.63) is 47.5 Å². The van der Waals surface area contributed by atoms with Crippen LogP contribution in [0.5, 0.6) is 5.75 Å². The number of ether oxygens (including phenoxy) is 1. The molecule has 8 nitrogen and oxygen atoms in total. The van der Waals surface area contributed by atoms with E-state index >= 15 is 4.39 Å². The third-order valence-corrected chi connectivity index (χ3v) is 5.50. The standard InChI is InChI=1S/C22H28FN7O/c1-15(2)11-16-12-17(23)21(22-25-27-28-26-22)19(13-16)30-9-7-29(8-10-30)14-18-20(31-3)5-4-6-24-18/h4-6,12-13,15H,7-11,14H2,1-3H3,(H,25,26,27,28). The predicted molar refractivity (Wildman–Crippen MR) is 116 cm³/mol. The molecule has 3 heterocycles. The molecule has 1 aliphatic rings. The molecule has 0 bridgehead atoms. The molecule has 0 saturated carbocycles. The molecule has 0 spiro atoms. The van der Waals surface area contributed by atoms with Crippen molar-refractivity contribution in [2.75, 3.05) is 38.2 Å². The first-order chi connectivity index (χ1) is 15.0. The number of hydrogen-bond acceptors (Lipinski definition) is 7. The van der Waals surface area contributed by atoms with Crippen molar-refractivity contribution in [1.29, 1.82) is 0 Å². The van der Waals surface area contributed by atoms with Crippen LogP contribution in [-0.4, -0.2) is 63.8 Å². The lowest BCUT2D eigenvalue weighted by atomic mass is 9.98. The summed E-state index contributed by atoms with van der Waals surface area (Å²) in [5, 5.41) is 14.1. The van der Waals surface area contributed by atoms with Gasteiger partial charge in [-0.25, -0.2) is 4.39 Å². The molecule has 0 radical (unpaired) electrons. The Balaban J connectivity index is 1.55. The number of piperazine rings is 1. The summed E-state index contributed by atoms with van der Waals surface area (Å²) in [5.41, 5.74) is 3.14. The molecule has 1 N–H and O–H groups in total. The molecule has 0 amide bonds. The average molecular weight is 426 g/mol. The lowest BCUT2D eigenvalue weighted by molar-refractivity contribution is 0.243. The number of aromatic amines is 1. The topological polar surface area (TPSA) is 83.1 Å². The molecule has 164 valence electrons. The van der Waals surface area contributed by atoms with Gasteiger partial charge in [-0.1, -0.05) is 13.8 Å². The second-order valence-electron chi connectivity index (χ2n) is 8.22. The van der Waals surface area contributed by atoms with E-state index in [1.807, 2.05) is 12.1 Å². The number of nitrogens with one attached hydrogen (secondary N) is 1. The Labute approximate surface area is 181 Å². The van der Waals surface area contributed by atoms with Crippen LogP contribution in [0.4, 0.5) is 10.1 Å². The van der Waals surface area contributed by atoms with Gasteiger partial charge in [0.1, 0.15) is 11.6 Å². The van der Waals surface area contributed by atoms with Crippen LogP contribution in [0, 0.1) is 11.7 Å². The van der Waals surface area contributed by atoms with Gasteiger partial charge in [0.2, 0.25) is 5.82 Å². The molecule has 0 atom stereocenters. The molecule has 1 saturated heterocycles. The van der Waals surface area contributed by atoms with Crippen LogP contribution in [0.25, 0.3) is 11.4 Å². The van der Waals surface area contributed by atoms with Crippen molar-refractivity contribution in [2.45, 2.75) is 26.8 Å². The van der Waals surface area contributed by atoms with Gasteiger partial charge in [0.15, 0.2) is 0 Å². The zero-order chi connectivity index (χ0) is 21.8. The molecule has 9 heteroatoms. The van der Waals surface area contributed by atoms with E-state index in [4.69, 9.17) is 4.74 Å². The van der Waals surface area contributed by atoms with Crippen LogP contribution in [-0.2, 0) is 13.0 Å². The minimum absolute atomic E-state index is 0.282. The molecule has 1 aromatic carbocycles. The highest BCUT2D eigenvalue weighted by Crippen LogP contribution is 2.34. The summed E-state index contributed by atoms with van der Waals surface area (Å²) in [7, 11) is 1.66. The Bertz CT molecular complexity index is 1000. The number of rotatable bonds is 7. The lowest BCUT2D eigenvalue weighted by Crippen LogP contribution is -2.46. The number of nitrogens with zero attached hydrogens (tertiary/aromatic N) is 6. The third kappa shape index (κ3) is 4.82. The first kappa shape index (κ1) is 21.2. The van der Waals surface area contributed by atoms with E-state index in [1.165, 1.54) is 0 Å². The Morgan fingerprint density at radius 2 is 2.00 bits per heavy atom. The molecular formula is C22H28FN7O. The first-order valence-corrected chi connectivity index (χ1v) is 10.6. The van der Waals surface area contributed by atoms with Gasteiger partial charge in [-0.15, -0.1) is 10.2 Å². The van der Waals surface area contributed by atoms with Crippen LogP contribution in [0.2, 0.25) is 0 Å². The highest BCUT2D eigenvalue weighted by atomic mass is 19.1. The van der Waals surface area contributed by atoms with Gasteiger partial charge < -0.3 is 9.64 Å². The van der Waals surface area contributed by atoms with Crippen molar-refractivity contribution in [3.63, 3.8) is 0 Å². The Hall–Kier alpha value is -3.07. The van der Waals surface area contributed by atoms with E-state index in [9.17, 15) is 0 Å². The number of anilines is 1. The van der Waals surface area contributed by atoms with E-state index in [0.717, 1.165) is 61.8 Å². The Morgan fingerprint density at radius 1 is 1.19 bits per heavy atom. The SMILES string of the molecule is COc1cccnc1CN1CCN(c2cc(CC(C)C)cc(F)c2-c2nn[nH]n2)CC1. The molecule has 1 aliphatic heterocycles. The number of aromatic nitrogens is 5. The first-order valence-electron chi connectivity index (χ1n) is 10.6. The maximum Gasteiger partial charge on any atom is 0.209 e. The number of benzene rings is 1. The largest absolute Gasteiger partial charge is 0.495 e. The van der Waals surface area contributed by atoms with Crippen molar-refractivity contribution >= 4 is 5.69 Å². The number of halogens is 1. The summed E-state index contributed by atoms with van der Waals surface area (Å²) in [6.45, 7) is 8.19. The van der Waals surface area contributed by atoms with E-state index in [-0.39, 0.29) is 11.6 Å². The van der Waals surface area contributed by atoms with Gasteiger partial charge in [0.05, 0.1) is 24.1 Å². The van der Waals surface area contributed by atoms with Crippen LogP contribution < -0.4 is 9.64 Å². The number of hydrogen-bond donors (Lipinski definition) is 1. The fourth-order valence-electron chi connectivity index (χ4n) is 4.06. The number of methoxy groups -OCH3 is 1. The summed E-state index contributed by atoms with van der Waals surface area (Å²) >= 11 is 0. The van der Waals surface area contributed by atoms with Gasteiger partial charge in [-0.3, -0.25) is 9.88 Å². The van der Waals surface area contributed by atoms with Gasteiger partial charge in [-0.05, 0) is 47.4 Å². The van der Waals surface area contributed by atoms with E-state index in [1.54, 1.807) is 19.4 Å². The molecule has 4 rings (SSSR count). The minimum atomic E-state index is -0.310. The van der Waals surface area contributed by atoms with Crippen LogP contribution in [0.1, 0.15) is 25.1 Å². The van der Waals surface area contributed by atoms with E-state index < -0.39 is 0 Å². The van der Waals surface area contributed by atoms with E-state index in [0.29, 0.717) is 11.5 Å². The summed E-state index contributed by atoms with van der Waals surface area (Å²) in [6.07, 6.45) is 2.60. The monoisotopic (exact) mass is 425 g/mol. The summed E-state index contributed by atoms with van der Waals surface area (Å²) in [4.78, 5) is 9.01. The van der Waals surface area contributed by atoms with Crippen molar-refractivity contribution in [3.8, 4) is 17.1 Å². The fourth-order valence-corrected chi connectivity index (χ4v) is 4.06. The van der Waals surface area contributed by atoms with Crippen molar-refractivity contribution < 1.29 is 9.13 Å². The summed E-state index contributed by atoms with van der Waals surface area (Å²) < 4.78 is 20.6. The predicted octanol–water partition coefficient (Wildman–Crippen LogP) is 2.93. The van der Waals surface area contributed by atoms with Gasteiger partial charge in [0.25, 0.3) is 0 Å². The van der Waals surface area contributed by atoms with Crippen molar-refractivity contribution in [1.82, 2.24) is 30.5 Å². The quantitative estimate of drug-likeness (QED) is 0.623. The summed E-state index contributed by atoms with van der Waals surface area (Å²) in [5.74, 6) is 1.21. The molecule has 1 fully saturated rings. The second-order valence-corrected chi connectivity index (χ2v) is 8.22. The highest BCUT2D eigenvalue weighted by molar-refractivity contribution is 5.75. The summed E-state index contributed by atoms with van der Waals surface area (Å²) in [6, 6.07) is 7.47. The molecule has 0 aliphatic carbocycles. The number of pyridine rings is 1. The van der Waals surface area contributed by atoms with Crippen LogP contribution >= 0.6 is 0 Å². The fraction of sp³-hybridized carbons (Fsp3) is 0.455. The van der Waals surface area contributed by atoms with Gasteiger partial charge >= 0.3 is 0 Å². The highest BCUT2D eigenvalue weighted by Gasteiger charge is 2.25. The zero-order valence-electron chi connectivity index (χ0n) is 18.2. The van der Waals surface area contributed by atoms with Gasteiger partial charge in [-0.2, -0.15) is 5.21 Å². The Morgan fingerprint density at radius 3 is 2.68 bits per heavy atom. The smallest absolute Gasteiger partial charge is 0.209 e. The zero-order valence-corrected chi connectivity index (χ0v) is 18.2. The Kier molecular flexibility index (Phi) is 6.41. The number of H-pyrrole nitrogens is 1. The molecule has 31 heavy (non-hydrogen) atoms. The second kappa shape index (κ2) is 9.38. The molecular weight excluding hydrogens is 397 g/mol. The molecule has 3 aromatic rings. The normalized spacial score (nSPS) is 14.9. The maximum absolute atomic E-state index is 15.1. The average Bonchev–Trinajstić information content (AvgIpc) is 3.28. The maximum atomic E-state index is 15.1. The third-order valence-electron chi connectivity index (χ3n) is 5.50. The number of tetrazole rings is 1. The molecule has 0 unspecified atom stereocenters. The lowest BCUT2D eigenvalue weighted by Gasteiger charge is -2.37. The van der Waals surface area contributed by atoms with Crippen LogP contribution in [0.3, 0.4) is 0 Å². The van der Waals surface area contributed by atoms with E-state index in [2.05, 4.69) is 55.3 Å².